The molecule has 0 radical (unpaired) electrons. The van der Waals surface area contributed by atoms with Crippen molar-refractivity contribution in [2.75, 3.05) is 0 Å². The van der Waals surface area contributed by atoms with E-state index in [1.54, 1.807) is 12.1 Å². The minimum absolute atomic E-state index is 0.00415. The molecule has 4 N–H and O–H groups in total. The van der Waals surface area contributed by atoms with Crippen molar-refractivity contribution in [2.45, 2.75) is 34.0 Å². The summed E-state index contributed by atoms with van der Waals surface area (Å²) in [5.74, 6) is -1.43. The number of sulfonamides is 1. The quantitative estimate of drug-likeness (QED) is 0.421. The van der Waals surface area contributed by atoms with Gasteiger partial charge in [-0.2, -0.15) is 4.72 Å². The van der Waals surface area contributed by atoms with E-state index in [0.717, 1.165) is 0 Å². The van der Waals surface area contributed by atoms with Gasteiger partial charge in [-0.1, -0.05) is 31.9 Å². The molecule has 8 nitrogen and oxygen atoms in total. The molecule has 1 unspecified atom stereocenters. The maximum Gasteiger partial charge on any atom is 0.321 e. The van der Waals surface area contributed by atoms with Crippen LogP contribution in [-0.4, -0.2) is 39.3 Å². The maximum absolute atomic E-state index is 12.5. The summed E-state index contributed by atoms with van der Waals surface area (Å²) in [6.45, 7) is 0. The zero-order chi connectivity index (χ0) is 21.8. The van der Waals surface area contributed by atoms with Gasteiger partial charge in [0.2, 0.25) is 10.0 Å². The van der Waals surface area contributed by atoms with Crippen LogP contribution in [-0.2, 0) is 24.7 Å². The molecule has 12 heteroatoms. The first-order chi connectivity index (χ1) is 13.4. The van der Waals surface area contributed by atoms with E-state index in [4.69, 9.17) is 5.73 Å². The number of hydrogen-bond donors (Lipinski definition) is 3. The normalized spacial score (nSPS) is 14.3. The number of nitrogens with two attached hydrogens (primary N) is 1. The molecule has 2 aromatic carbocycles. The zero-order valence-corrected chi connectivity index (χ0v) is 19.6. The Labute approximate surface area is 185 Å². The first kappa shape index (κ1) is 24.0. The highest BCUT2D eigenvalue weighted by molar-refractivity contribution is 9.10. The van der Waals surface area contributed by atoms with Crippen molar-refractivity contribution in [1.82, 2.24) is 4.72 Å². The first-order valence-electron chi connectivity index (χ1n) is 8.19. The second-order valence-corrected chi connectivity index (χ2v) is 11.8. The zero-order valence-electron chi connectivity index (χ0n) is 14.8. The summed E-state index contributed by atoms with van der Waals surface area (Å²) in [5.41, 5.74) is 5.79. The van der Waals surface area contributed by atoms with Gasteiger partial charge in [0, 0.05) is 8.95 Å². The SMILES string of the molecule is NC(CC[C@H](NS(=O)(=O)c1ccc(Br)cc1)C(=O)O)S(=O)(=O)c1ccc(Br)cc1. The number of carboxylic acid groups (broad SMARTS) is 1. The third-order valence-corrected chi connectivity index (χ3v) is 8.51. The fraction of sp³-hybridized carbons (Fsp3) is 0.235. The largest absolute Gasteiger partial charge is 0.480 e. The van der Waals surface area contributed by atoms with Crippen molar-refractivity contribution in [3.8, 4) is 0 Å². The summed E-state index contributed by atoms with van der Waals surface area (Å²) in [7, 11) is -8.00. The van der Waals surface area contributed by atoms with Gasteiger partial charge in [0.05, 0.1) is 9.79 Å². The van der Waals surface area contributed by atoms with E-state index >= 15 is 0 Å². The Balaban J connectivity index is 2.11. The Morgan fingerprint density at radius 3 is 1.79 bits per heavy atom. The number of halogens is 2. The van der Waals surface area contributed by atoms with Crippen LogP contribution in [0.5, 0.6) is 0 Å². The smallest absolute Gasteiger partial charge is 0.321 e. The number of nitrogens with one attached hydrogen (secondary N) is 1. The summed E-state index contributed by atoms with van der Waals surface area (Å²) >= 11 is 6.39. The molecule has 2 aromatic rings. The van der Waals surface area contributed by atoms with Gasteiger partial charge in [0.25, 0.3) is 0 Å². The molecule has 0 heterocycles. The van der Waals surface area contributed by atoms with Gasteiger partial charge in [-0.25, -0.2) is 16.8 Å². The molecule has 0 amide bonds. The second-order valence-electron chi connectivity index (χ2n) is 6.08. The van der Waals surface area contributed by atoms with Gasteiger partial charge < -0.3 is 10.8 Å². The average molecular weight is 570 g/mol. The lowest BCUT2D eigenvalue weighted by molar-refractivity contribution is -0.139. The van der Waals surface area contributed by atoms with E-state index in [0.29, 0.717) is 8.95 Å². The van der Waals surface area contributed by atoms with Crippen molar-refractivity contribution in [3.05, 3.63) is 57.5 Å². The number of sulfone groups is 1. The summed E-state index contributed by atoms with van der Waals surface area (Å²) in [5, 5.41) is 7.97. The van der Waals surface area contributed by atoms with Crippen LogP contribution in [0.15, 0.2) is 67.3 Å². The third kappa shape index (κ3) is 6.33. The van der Waals surface area contributed by atoms with Gasteiger partial charge in [-0.05, 0) is 61.4 Å². The highest BCUT2D eigenvalue weighted by Gasteiger charge is 2.29. The molecule has 0 saturated carbocycles. The third-order valence-electron chi connectivity index (χ3n) is 4.00. The molecule has 0 saturated heterocycles. The molecule has 0 spiro atoms. The van der Waals surface area contributed by atoms with Crippen LogP contribution in [0, 0.1) is 0 Å². The Morgan fingerprint density at radius 2 is 1.34 bits per heavy atom. The van der Waals surface area contributed by atoms with Gasteiger partial charge in [-0.3, -0.25) is 4.79 Å². The topological polar surface area (TPSA) is 144 Å². The molecule has 0 fully saturated rings. The van der Waals surface area contributed by atoms with E-state index in [2.05, 4.69) is 36.6 Å². The Kier molecular flexibility index (Phi) is 7.99. The summed E-state index contributed by atoms with van der Waals surface area (Å²) < 4.78 is 53.3. The van der Waals surface area contributed by atoms with E-state index in [-0.39, 0.29) is 22.6 Å². The highest BCUT2D eigenvalue weighted by atomic mass is 79.9. The summed E-state index contributed by atoms with van der Waals surface area (Å²) in [6, 6.07) is 9.96. The monoisotopic (exact) mass is 568 g/mol. The predicted molar refractivity (Wildman–Crippen MR) is 114 cm³/mol. The number of rotatable bonds is 9. The Bertz CT molecular complexity index is 1070. The molecular weight excluding hydrogens is 552 g/mol. The number of carboxylic acids is 1. The van der Waals surface area contributed by atoms with Crippen LogP contribution in [0.25, 0.3) is 0 Å². The van der Waals surface area contributed by atoms with Gasteiger partial charge in [0.15, 0.2) is 9.84 Å². The fourth-order valence-corrected chi connectivity index (χ4v) is 5.45. The first-order valence-corrected chi connectivity index (χ1v) is 12.8. The lowest BCUT2D eigenvalue weighted by Gasteiger charge is -2.18. The van der Waals surface area contributed by atoms with E-state index in [1.165, 1.54) is 36.4 Å². The standard InChI is InChI=1S/C17H18Br2N2O6S2/c18-11-1-5-13(6-2-11)28(24,25)16(20)10-9-15(17(22)23)21-29(26,27)14-7-3-12(19)4-8-14/h1-8,15-16,21H,9-10,20H2,(H,22,23)/t15-,16?/m0/s1. The Hall–Kier alpha value is -1.31. The Morgan fingerprint density at radius 1 is 0.897 bits per heavy atom. The van der Waals surface area contributed by atoms with Crippen molar-refractivity contribution >= 4 is 57.7 Å². The van der Waals surface area contributed by atoms with Crippen molar-refractivity contribution in [1.29, 1.82) is 0 Å². The summed E-state index contributed by atoms with van der Waals surface area (Å²) in [4.78, 5) is 11.4. The molecule has 2 rings (SSSR count). The maximum atomic E-state index is 12.5. The minimum atomic E-state index is -4.11. The highest BCUT2D eigenvalue weighted by Crippen LogP contribution is 2.20. The van der Waals surface area contributed by atoms with Gasteiger partial charge in [-0.15, -0.1) is 0 Å². The van der Waals surface area contributed by atoms with Gasteiger partial charge >= 0.3 is 5.97 Å². The van der Waals surface area contributed by atoms with Crippen LogP contribution >= 0.6 is 31.9 Å². The van der Waals surface area contributed by atoms with Crippen LogP contribution in [0.2, 0.25) is 0 Å². The van der Waals surface area contributed by atoms with E-state index in [9.17, 15) is 26.7 Å². The van der Waals surface area contributed by atoms with E-state index < -0.39 is 37.2 Å². The van der Waals surface area contributed by atoms with Crippen LogP contribution in [0.3, 0.4) is 0 Å². The molecule has 0 bridgehead atoms. The molecule has 0 aliphatic carbocycles. The van der Waals surface area contributed by atoms with E-state index in [1.807, 2.05) is 0 Å². The lowest BCUT2D eigenvalue weighted by Crippen LogP contribution is -2.42. The summed E-state index contributed by atoms with van der Waals surface area (Å²) in [6.07, 6.45) is -0.555. The molecular formula is C17H18Br2N2O6S2. The minimum Gasteiger partial charge on any atom is -0.480 e. The van der Waals surface area contributed by atoms with Crippen LogP contribution < -0.4 is 10.5 Å². The molecule has 0 aliphatic rings. The molecule has 0 aromatic heterocycles. The average Bonchev–Trinajstić information content (AvgIpc) is 2.65. The lowest BCUT2D eigenvalue weighted by atomic mass is 10.2. The number of aliphatic carboxylic acids is 1. The predicted octanol–water partition coefficient (Wildman–Crippen LogP) is 2.48. The second kappa shape index (κ2) is 9.67. The van der Waals surface area contributed by atoms with Gasteiger partial charge in [0.1, 0.15) is 11.4 Å². The molecule has 29 heavy (non-hydrogen) atoms. The fourth-order valence-electron chi connectivity index (χ4n) is 2.39. The number of carbonyl (C=O) groups is 1. The van der Waals surface area contributed by atoms with Crippen molar-refractivity contribution in [2.24, 2.45) is 5.73 Å². The van der Waals surface area contributed by atoms with Crippen LogP contribution in [0.1, 0.15) is 12.8 Å². The molecule has 2 atom stereocenters. The van der Waals surface area contributed by atoms with Crippen molar-refractivity contribution in [3.63, 3.8) is 0 Å². The number of hydrogen-bond acceptors (Lipinski definition) is 6. The number of benzene rings is 2. The van der Waals surface area contributed by atoms with Crippen LogP contribution in [0.4, 0.5) is 0 Å². The molecule has 158 valence electrons. The molecule has 0 aliphatic heterocycles. The van der Waals surface area contributed by atoms with Crippen molar-refractivity contribution < 1.29 is 26.7 Å².